The lowest BCUT2D eigenvalue weighted by Crippen LogP contribution is -2.30. The van der Waals surface area contributed by atoms with Crippen LogP contribution in [-0.2, 0) is 27.2 Å². The largest absolute Gasteiger partial charge is 0.456 e. The predicted molar refractivity (Wildman–Crippen MR) is 101 cm³/mol. The Labute approximate surface area is 157 Å². The topological polar surface area (TPSA) is 81.4 Å². The second kappa shape index (κ2) is 8.98. The van der Waals surface area contributed by atoms with Crippen molar-refractivity contribution in [3.8, 4) is 0 Å². The first-order chi connectivity index (χ1) is 13.1. The number of carbonyl (C=O) groups excluding carboxylic acids is 2. The van der Waals surface area contributed by atoms with Crippen LogP contribution in [-0.4, -0.2) is 30.0 Å². The van der Waals surface area contributed by atoms with Crippen molar-refractivity contribution in [2.24, 2.45) is 0 Å². The summed E-state index contributed by atoms with van der Waals surface area (Å²) in [7, 11) is 0. The van der Waals surface area contributed by atoms with Gasteiger partial charge in [0, 0.05) is 13.0 Å². The molecule has 1 amide bonds. The molecule has 0 aliphatic heterocycles. The molecule has 0 saturated carbocycles. The fourth-order valence-corrected chi connectivity index (χ4v) is 2.73. The summed E-state index contributed by atoms with van der Waals surface area (Å²) in [5.74, 6) is -0.277. The highest BCUT2D eigenvalue weighted by atomic mass is 16.5. The zero-order valence-corrected chi connectivity index (χ0v) is 15.2. The molecule has 6 heteroatoms. The SMILES string of the molecule is Cc1ccccc1CCNC(=O)COC(=O)CCc1nc2ccccc2o1. The van der Waals surface area contributed by atoms with Crippen molar-refractivity contribution in [2.75, 3.05) is 13.2 Å². The summed E-state index contributed by atoms with van der Waals surface area (Å²) >= 11 is 0. The molecule has 0 aliphatic carbocycles. The molecule has 3 rings (SSSR count). The summed E-state index contributed by atoms with van der Waals surface area (Å²) in [4.78, 5) is 27.9. The van der Waals surface area contributed by atoms with E-state index in [0.29, 0.717) is 24.4 Å². The van der Waals surface area contributed by atoms with Crippen LogP contribution in [0.15, 0.2) is 52.9 Å². The minimum Gasteiger partial charge on any atom is -0.456 e. The molecule has 1 N–H and O–H groups in total. The summed E-state index contributed by atoms with van der Waals surface area (Å²) in [6.45, 7) is 2.26. The van der Waals surface area contributed by atoms with Gasteiger partial charge in [-0.2, -0.15) is 0 Å². The number of esters is 1. The van der Waals surface area contributed by atoms with E-state index in [9.17, 15) is 9.59 Å². The number of benzene rings is 2. The number of fused-ring (bicyclic) bond motifs is 1. The summed E-state index contributed by atoms with van der Waals surface area (Å²) in [5.41, 5.74) is 3.83. The molecule has 0 saturated heterocycles. The van der Waals surface area contributed by atoms with Crippen LogP contribution in [0.1, 0.15) is 23.4 Å². The second-order valence-corrected chi connectivity index (χ2v) is 6.26. The summed E-state index contributed by atoms with van der Waals surface area (Å²) in [6, 6.07) is 15.4. The van der Waals surface area contributed by atoms with Gasteiger partial charge in [0.05, 0.1) is 6.42 Å². The van der Waals surface area contributed by atoms with Crippen LogP contribution in [0.25, 0.3) is 11.1 Å². The number of nitrogens with one attached hydrogen (secondary N) is 1. The van der Waals surface area contributed by atoms with Crippen LogP contribution in [0, 0.1) is 6.92 Å². The highest BCUT2D eigenvalue weighted by molar-refractivity contribution is 5.80. The third-order valence-corrected chi connectivity index (χ3v) is 4.22. The Hall–Kier alpha value is -3.15. The average Bonchev–Trinajstić information content (AvgIpc) is 3.09. The maximum atomic E-state index is 11.8. The van der Waals surface area contributed by atoms with E-state index in [1.54, 1.807) is 0 Å². The van der Waals surface area contributed by atoms with Gasteiger partial charge in [-0.05, 0) is 36.6 Å². The van der Waals surface area contributed by atoms with E-state index >= 15 is 0 Å². The van der Waals surface area contributed by atoms with Gasteiger partial charge in [-0.1, -0.05) is 36.4 Å². The van der Waals surface area contributed by atoms with Gasteiger partial charge in [0.15, 0.2) is 18.1 Å². The van der Waals surface area contributed by atoms with Gasteiger partial charge in [0.1, 0.15) is 5.52 Å². The minimum absolute atomic E-state index is 0.114. The number of hydrogen-bond acceptors (Lipinski definition) is 5. The highest BCUT2D eigenvalue weighted by Gasteiger charge is 2.11. The number of oxazole rings is 1. The molecular weight excluding hydrogens is 344 g/mol. The van der Waals surface area contributed by atoms with Crippen LogP contribution in [0.4, 0.5) is 0 Å². The number of nitrogens with zero attached hydrogens (tertiary/aromatic N) is 1. The Morgan fingerprint density at radius 1 is 1.07 bits per heavy atom. The molecular formula is C21H22N2O4. The number of amides is 1. The van der Waals surface area contributed by atoms with E-state index in [1.807, 2.05) is 55.5 Å². The molecule has 0 aliphatic rings. The third kappa shape index (κ3) is 5.41. The number of para-hydroxylation sites is 2. The standard InChI is InChI=1S/C21H22N2O4/c1-15-6-2-3-7-16(15)12-13-22-19(24)14-26-21(25)11-10-20-23-17-8-4-5-9-18(17)27-20/h2-9H,10-14H2,1H3,(H,22,24). The predicted octanol–water partition coefficient (Wildman–Crippen LogP) is 2.97. The molecule has 0 fully saturated rings. The van der Waals surface area contributed by atoms with Crippen LogP contribution >= 0.6 is 0 Å². The Kier molecular flexibility index (Phi) is 6.20. The van der Waals surface area contributed by atoms with E-state index < -0.39 is 5.97 Å². The van der Waals surface area contributed by atoms with Crippen LogP contribution in [0.3, 0.4) is 0 Å². The van der Waals surface area contributed by atoms with Gasteiger partial charge >= 0.3 is 5.97 Å². The molecule has 1 aromatic heterocycles. The maximum absolute atomic E-state index is 11.8. The molecule has 1 heterocycles. The highest BCUT2D eigenvalue weighted by Crippen LogP contribution is 2.15. The Morgan fingerprint density at radius 3 is 2.67 bits per heavy atom. The van der Waals surface area contributed by atoms with Crippen molar-refractivity contribution >= 4 is 23.0 Å². The third-order valence-electron chi connectivity index (χ3n) is 4.22. The monoisotopic (exact) mass is 366 g/mol. The molecule has 0 atom stereocenters. The maximum Gasteiger partial charge on any atom is 0.306 e. The van der Waals surface area contributed by atoms with E-state index in [2.05, 4.69) is 10.3 Å². The number of carbonyl (C=O) groups is 2. The summed E-state index contributed by atoms with van der Waals surface area (Å²) < 4.78 is 10.6. The minimum atomic E-state index is -0.452. The molecule has 3 aromatic rings. The number of hydrogen-bond donors (Lipinski definition) is 1. The molecule has 140 valence electrons. The first-order valence-corrected chi connectivity index (χ1v) is 8.93. The smallest absolute Gasteiger partial charge is 0.306 e. The Bertz CT molecular complexity index is 900. The van der Waals surface area contributed by atoms with Crippen molar-refractivity contribution in [2.45, 2.75) is 26.2 Å². The number of rotatable bonds is 8. The second-order valence-electron chi connectivity index (χ2n) is 6.26. The number of aromatic nitrogens is 1. The van der Waals surface area contributed by atoms with Gasteiger partial charge < -0.3 is 14.5 Å². The fourth-order valence-electron chi connectivity index (χ4n) is 2.73. The zero-order valence-electron chi connectivity index (χ0n) is 15.2. The molecule has 27 heavy (non-hydrogen) atoms. The van der Waals surface area contributed by atoms with Crippen LogP contribution < -0.4 is 5.32 Å². The molecule has 6 nitrogen and oxygen atoms in total. The van der Waals surface area contributed by atoms with Crippen molar-refractivity contribution in [1.82, 2.24) is 10.3 Å². The van der Waals surface area contributed by atoms with Crippen LogP contribution in [0.2, 0.25) is 0 Å². The van der Waals surface area contributed by atoms with Crippen molar-refractivity contribution in [3.05, 3.63) is 65.5 Å². The number of aryl methyl sites for hydroxylation is 2. The van der Waals surface area contributed by atoms with E-state index in [0.717, 1.165) is 11.9 Å². The van der Waals surface area contributed by atoms with Gasteiger partial charge in [-0.3, -0.25) is 9.59 Å². The van der Waals surface area contributed by atoms with Gasteiger partial charge in [-0.15, -0.1) is 0 Å². The van der Waals surface area contributed by atoms with Crippen molar-refractivity contribution < 1.29 is 18.7 Å². The first-order valence-electron chi connectivity index (χ1n) is 8.93. The Morgan fingerprint density at radius 2 is 1.85 bits per heavy atom. The molecule has 0 unspecified atom stereocenters. The summed E-state index contributed by atoms with van der Waals surface area (Å²) in [6.07, 6.45) is 1.19. The molecule has 0 bridgehead atoms. The molecule has 0 radical (unpaired) electrons. The van der Waals surface area contributed by atoms with Crippen molar-refractivity contribution in [1.29, 1.82) is 0 Å². The first kappa shape index (κ1) is 18.6. The van der Waals surface area contributed by atoms with Gasteiger partial charge in [0.25, 0.3) is 5.91 Å². The fraction of sp³-hybridized carbons (Fsp3) is 0.286. The number of ether oxygens (including phenoxy) is 1. The van der Waals surface area contributed by atoms with E-state index in [4.69, 9.17) is 9.15 Å². The normalized spacial score (nSPS) is 10.7. The average molecular weight is 366 g/mol. The molecule has 2 aromatic carbocycles. The van der Waals surface area contributed by atoms with Gasteiger partial charge in [0.2, 0.25) is 0 Å². The summed E-state index contributed by atoms with van der Waals surface area (Å²) in [5, 5.41) is 2.76. The quantitative estimate of drug-likeness (QED) is 0.620. The lowest BCUT2D eigenvalue weighted by molar-refractivity contribution is -0.148. The lowest BCUT2D eigenvalue weighted by atomic mass is 10.1. The molecule has 0 spiro atoms. The van der Waals surface area contributed by atoms with E-state index in [1.165, 1.54) is 11.1 Å². The Balaban J connectivity index is 1.34. The van der Waals surface area contributed by atoms with E-state index in [-0.39, 0.29) is 18.9 Å². The van der Waals surface area contributed by atoms with Crippen LogP contribution in [0.5, 0.6) is 0 Å². The lowest BCUT2D eigenvalue weighted by Gasteiger charge is -2.08. The zero-order chi connectivity index (χ0) is 19.1. The van der Waals surface area contributed by atoms with Crippen molar-refractivity contribution in [3.63, 3.8) is 0 Å². The van der Waals surface area contributed by atoms with Gasteiger partial charge in [-0.25, -0.2) is 4.98 Å².